The molecule has 0 atom stereocenters. The molecule has 6 heteroatoms. The number of benzene rings is 2. The highest BCUT2D eigenvalue weighted by molar-refractivity contribution is 6.10. The van der Waals surface area contributed by atoms with Crippen molar-refractivity contribution in [3.05, 3.63) is 93.6 Å². The summed E-state index contributed by atoms with van der Waals surface area (Å²) in [4.78, 5) is 37.2. The lowest BCUT2D eigenvalue weighted by molar-refractivity contribution is 0.103. The summed E-state index contributed by atoms with van der Waals surface area (Å²) in [6.45, 7) is 8.08. The fraction of sp³-hybridized carbons (Fsp3) is 0.214. The Bertz CT molecular complexity index is 1550. The van der Waals surface area contributed by atoms with Crippen LogP contribution < -0.4 is 10.5 Å². The third-order valence-electron chi connectivity index (χ3n) is 6.57. The maximum Gasteiger partial charge on any atom is 0.347 e. The molecule has 0 saturated carbocycles. The van der Waals surface area contributed by atoms with E-state index in [0.29, 0.717) is 22.5 Å². The zero-order valence-corrected chi connectivity index (χ0v) is 19.8. The molecule has 0 saturated heterocycles. The molecule has 1 aliphatic heterocycles. The van der Waals surface area contributed by atoms with Gasteiger partial charge in [0.15, 0.2) is 5.82 Å². The molecule has 0 radical (unpaired) electrons. The summed E-state index contributed by atoms with van der Waals surface area (Å²) < 4.78 is 5.62. The summed E-state index contributed by atoms with van der Waals surface area (Å²) in [5, 5.41) is 0.696. The van der Waals surface area contributed by atoms with Crippen LogP contribution in [0.3, 0.4) is 0 Å². The lowest BCUT2D eigenvalue weighted by Gasteiger charge is -2.40. The number of aryl methyl sites for hydroxylation is 1. The van der Waals surface area contributed by atoms with Crippen LogP contribution in [0, 0.1) is 6.92 Å². The third-order valence-corrected chi connectivity index (χ3v) is 6.57. The van der Waals surface area contributed by atoms with Crippen LogP contribution in [0.2, 0.25) is 0 Å². The highest BCUT2D eigenvalue weighted by Gasteiger charge is 2.29. The minimum absolute atomic E-state index is 0.0299. The van der Waals surface area contributed by atoms with Crippen molar-refractivity contribution in [1.29, 1.82) is 0 Å². The van der Waals surface area contributed by atoms with E-state index in [9.17, 15) is 9.59 Å². The van der Waals surface area contributed by atoms with Gasteiger partial charge in [0, 0.05) is 41.5 Å². The minimum atomic E-state index is -0.672. The van der Waals surface area contributed by atoms with E-state index in [-0.39, 0.29) is 16.7 Å². The summed E-state index contributed by atoms with van der Waals surface area (Å²) in [5.41, 5.74) is 4.40. The van der Waals surface area contributed by atoms with E-state index in [1.807, 2.05) is 49.5 Å². The Balaban J connectivity index is 1.58. The van der Waals surface area contributed by atoms with Crippen molar-refractivity contribution in [1.82, 2.24) is 9.97 Å². The van der Waals surface area contributed by atoms with Gasteiger partial charge in [-0.15, -0.1) is 0 Å². The molecule has 5 rings (SSSR count). The van der Waals surface area contributed by atoms with Crippen LogP contribution in [0.5, 0.6) is 0 Å². The number of allylic oxidation sites excluding steroid dienone is 1. The first-order valence-corrected chi connectivity index (χ1v) is 11.1. The molecule has 0 aliphatic carbocycles. The number of ketones is 1. The van der Waals surface area contributed by atoms with Crippen molar-refractivity contribution in [2.24, 2.45) is 0 Å². The summed E-state index contributed by atoms with van der Waals surface area (Å²) in [5.74, 6) is 0.0807. The molecule has 3 heterocycles. The Labute approximate surface area is 197 Å². The molecule has 0 spiro atoms. The number of fused-ring (bicyclic) bond motifs is 2. The van der Waals surface area contributed by atoms with Gasteiger partial charge < -0.3 is 9.32 Å². The number of hydrogen-bond acceptors (Lipinski definition) is 6. The summed E-state index contributed by atoms with van der Waals surface area (Å²) in [6, 6.07) is 15.0. The predicted octanol–water partition coefficient (Wildman–Crippen LogP) is 5.42. The highest BCUT2D eigenvalue weighted by Crippen LogP contribution is 2.40. The standard InChI is InChI=1S/C28H25N3O3/c1-16-14-28(3,4)31(5)23-13-24-19(11-20(16)23)12-21(27(33)34-24)25(32)22-15-29-26(30-17(22)2)18-9-7-6-8-10-18/h6-15H,1-5H3. The van der Waals surface area contributed by atoms with Gasteiger partial charge in [-0.3, -0.25) is 4.79 Å². The maximum atomic E-state index is 13.3. The van der Waals surface area contributed by atoms with Gasteiger partial charge in [-0.2, -0.15) is 0 Å². The van der Waals surface area contributed by atoms with E-state index in [2.05, 4.69) is 41.7 Å². The second-order valence-corrected chi connectivity index (χ2v) is 9.28. The molecule has 4 aromatic rings. The third kappa shape index (κ3) is 3.52. The number of carbonyl (C=O) groups is 1. The second kappa shape index (κ2) is 7.76. The summed E-state index contributed by atoms with van der Waals surface area (Å²) in [6.07, 6.45) is 3.69. The maximum absolute atomic E-state index is 13.3. The van der Waals surface area contributed by atoms with Gasteiger partial charge >= 0.3 is 5.63 Å². The highest BCUT2D eigenvalue weighted by atomic mass is 16.4. The Morgan fingerprint density at radius 3 is 2.47 bits per heavy atom. The van der Waals surface area contributed by atoms with Crippen molar-refractivity contribution >= 4 is 28.0 Å². The molecule has 0 unspecified atom stereocenters. The van der Waals surface area contributed by atoms with Gasteiger partial charge in [0.2, 0.25) is 5.78 Å². The molecule has 2 aromatic carbocycles. The second-order valence-electron chi connectivity index (χ2n) is 9.28. The fourth-order valence-electron chi connectivity index (χ4n) is 4.48. The lowest BCUT2D eigenvalue weighted by atomic mass is 9.88. The smallest absolute Gasteiger partial charge is 0.347 e. The van der Waals surface area contributed by atoms with Crippen LogP contribution >= 0.6 is 0 Å². The van der Waals surface area contributed by atoms with Crippen LogP contribution in [-0.4, -0.2) is 28.3 Å². The normalized spacial score (nSPS) is 14.6. The van der Waals surface area contributed by atoms with Crippen molar-refractivity contribution in [3.8, 4) is 11.4 Å². The van der Waals surface area contributed by atoms with Gasteiger partial charge in [-0.05, 0) is 45.4 Å². The van der Waals surface area contributed by atoms with Gasteiger partial charge in [0.05, 0.1) is 16.8 Å². The lowest BCUT2D eigenvalue weighted by Crippen LogP contribution is -2.42. The number of anilines is 1. The Morgan fingerprint density at radius 1 is 1.03 bits per heavy atom. The number of hydrogen-bond donors (Lipinski definition) is 0. The van der Waals surface area contributed by atoms with Gasteiger partial charge in [-0.1, -0.05) is 36.4 Å². The van der Waals surface area contributed by atoms with Crippen LogP contribution in [0.1, 0.15) is 48.0 Å². The molecule has 6 nitrogen and oxygen atoms in total. The first-order chi connectivity index (χ1) is 16.2. The molecular formula is C28H25N3O3. The van der Waals surface area contributed by atoms with Crippen molar-refractivity contribution in [2.75, 3.05) is 11.9 Å². The molecule has 170 valence electrons. The van der Waals surface area contributed by atoms with Gasteiger partial charge in [-0.25, -0.2) is 14.8 Å². The zero-order valence-electron chi connectivity index (χ0n) is 19.8. The van der Waals surface area contributed by atoms with E-state index >= 15 is 0 Å². The van der Waals surface area contributed by atoms with Gasteiger partial charge in [0.25, 0.3) is 0 Å². The summed E-state index contributed by atoms with van der Waals surface area (Å²) >= 11 is 0. The average molecular weight is 452 g/mol. The van der Waals surface area contributed by atoms with E-state index < -0.39 is 11.4 Å². The first kappa shape index (κ1) is 21.8. The number of nitrogens with zero attached hydrogens (tertiary/aromatic N) is 3. The largest absolute Gasteiger partial charge is 0.422 e. The molecule has 0 fully saturated rings. The van der Waals surface area contributed by atoms with Crippen molar-refractivity contribution < 1.29 is 9.21 Å². The molecule has 0 N–H and O–H groups in total. The molecular weight excluding hydrogens is 426 g/mol. The fourth-order valence-corrected chi connectivity index (χ4v) is 4.48. The average Bonchev–Trinajstić information content (AvgIpc) is 2.81. The van der Waals surface area contributed by atoms with Crippen LogP contribution in [0.15, 0.2) is 70.0 Å². The molecule has 1 aliphatic rings. The molecule has 0 bridgehead atoms. The first-order valence-electron chi connectivity index (χ1n) is 11.1. The summed E-state index contributed by atoms with van der Waals surface area (Å²) in [7, 11) is 2.02. The van der Waals surface area contributed by atoms with Gasteiger partial charge in [0.1, 0.15) is 11.1 Å². The number of likely N-dealkylation sites (N-methyl/N-ethyl adjacent to an activating group) is 1. The molecule has 34 heavy (non-hydrogen) atoms. The van der Waals surface area contributed by atoms with Crippen LogP contribution in [0.4, 0.5) is 5.69 Å². The number of carbonyl (C=O) groups excluding carboxylic acids is 1. The SMILES string of the molecule is CC1=CC(C)(C)N(C)c2cc3oc(=O)c(C(=O)c4cnc(-c5ccccc5)nc4C)cc3cc21. The molecule has 0 amide bonds. The number of aromatic nitrogens is 2. The molecule has 2 aromatic heterocycles. The van der Waals surface area contributed by atoms with Crippen LogP contribution in [-0.2, 0) is 0 Å². The van der Waals surface area contributed by atoms with E-state index in [1.54, 1.807) is 13.0 Å². The van der Waals surface area contributed by atoms with Crippen molar-refractivity contribution in [3.63, 3.8) is 0 Å². The predicted molar refractivity (Wildman–Crippen MR) is 134 cm³/mol. The monoisotopic (exact) mass is 451 g/mol. The van der Waals surface area contributed by atoms with E-state index in [4.69, 9.17) is 4.42 Å². The quantitative estimate of drug-likeness (QED) is 0.306. The van der Waals surface area contributed by atoms with Crippen molar-refractivity contribution in [2.45, 2.75) is 33.2 Å². The Kier molecular flexibility index (Phi) is 4.97. The van der Waals surface area contributed by atoms with E-state index in [0.717, 1.165) is 22.4 Å². The van der Waals surface area contributed by atoms with E-state index in [1.165, 1.54) is 6.20 Å². The Hall–Kier alpha value is -4.06. The zero-order chi connectivity index (χ0) is 24.2. The topological polar surface area (TPSA) is 76.3 Å². The van der Waals surface area contributed by atoms with Crippen LogP contribution in [0.25, 0.3) is 27.9 Å². The number of rotatable bonds is 3. The Morgan fingerprint density at radius 2 is 1.76 bits per heavy atom. The minimum Gasteiger partial charge on any atom is -0.422 e.